The SMILES string of the molecule is COc1cc2nc(NN)n(-c3cccnc3)c(=O)c2cc1OC. The summed E-state index contributed by atoms with van der Waals surface area (Å²) >= 11 is 0. The summed E-state index contributed by atoms with van der Waals surface area (Å²) in [5.74, 6) is 6.65. The molecule has 118 valence electrons. The van der Waals surface area contributed by atoms with Crippen LogP contribution in [0.4, 0.5) is 5.95 Å². The minimum Gasteiger partial charge on any atom is -0.493 e. The maximum Gasteiger partial charge on any atom is 0.267 e. The van der Waals surface area contributed by atoms with Crippen LogP contribution in [-0.4, -0.2) is 28.8 Å². The molecule has 0 spiro atoms. The maximum absolute atomic E-state index is 12.9. The molecule has 0 aliphatic carbocycles. The van der Waals surface area contributed by atoms with Crippen LogP contribution in [0, 0.1) is 0 Å². The molecule has 0 amide bonds. The lowest BCUT2D eigenvalue weighted by atomic mass is 10.2. The van der Waals surface area contributed by atoms with Gasteiger partial charge in [-0.1, -0.05) is 0 Å². The molecule has 8 nitrogen and oxygen atoms in total. The van der Waals surface area contributed by atoms with Gasteiger partial charge in [-0.15, -0.1) is 0 Å². The summed E-state index contributed by atoms with van der Waals surface area (Å²) in [7, 11) is 3.02. The van der Waals surface area contributed by atoms with Crippen LogP contribution in [0.3, 0.4) is 0 Å². The highest BCUT2D eigenvalue weighted by atomic mass is 16.5. The van der Waals surface area contributed by atoms with Crippen molar-refractivity contribution >= 4 is 16.9 Å². The van der Waals surface area contributed by atoms with Gasteiger partial charge in [0.25, 0.3) is 5.56 Å². The lowest BCUT2D eigenvalue weighted by Crippen LogP contribution is -2.26. The van der Waals surface area contributed by atoms with Crippen molar-refractivity contribution in [3.63, 3.8) is 0 Å². The molecule has 0 bridgehead atoms. The van der Waals surface area contributed by atoms with E-state index in [1.165, 1.54) is 18.8 Å². The maximum atomic E-state index is 12.9. The van der Waals surface area contributed by atoms with Crippen molar-refractivity contribution in [3.8, 4) is 17.2 Å². The van der Waals surface area contributed by atoms with Gasteiger partial charge in [-0.3, -0.25) is 15.2 Å². The Hall–Kier alpha value is -3.13. The van der Waals surface area contributed by atoms with Crippen molar-refractivity contribution in [2.75, 3.05) is 19.6 Å². The first-order chi connectivity index (χ1) is 11.2. The Morgan fingerprint density at radius 2 is 1.96 bits per heavy atom. The number of hydrogen-bond acceptors (Lipinski definition) is 7. The van der Waals surface area contributed by atoms with Crippen molar-refractivity contribution in [2.45, 2.75) is 0 Å². The summed E-state index contributed by atoms with van der Waals surface area (Å²) in [5, 5.41) is 0.380. The molecule has 0 unspecified atom stereocenters. The van der Waals surface area contributed by atoms with Crippen LogP contribution < -0.4 is 26.3 Å². The van der Waals surface area contributed by atoms with E-state index in [2.05, 4.69) is 15.4 Å². The van der Waals surface area contributed by atoms with E-state index in [4.69, 9.17) is 15.3 Å². The number of anilines is 1. The third-order valence-corrected chi connectivity index (χ3v) is 3.41. The summed E-state index contributed by atoms with van der Waals surface area (Å²) in [5.41, 5.74) is 3.15. The number of nitrogens with one attached hydrogen (secondary N) is 1. The first kappa shape index (κ1) is 14.8. The topological polar surface area (TPSA) is 104 Å². The average Bonchev–Trinajstić information content (AvgIpc) is 2.61. The fourth-order valence-electron chi connectivity index (χ4n) is 2.34. The molecule has 3 N–H and O–H groups in total. The molecule has 0 atom stereocenters. The Bertz CT molecular complexity index is 908. The highest BCUT2D eigenvalue weighted by Crippen LogP contribution is 2.30. The van der Waals surface area contributed by atoms with Crippen molar-refractivity contribution in [1.29, 1.82) is 0 Å². The summed E-state index contributed by atoms with van der Waals surface area (Å²) in [6.07, 6.45) is 3.17. The molecule has 3 aromatic rings. The van der Waals surface area contributed by atoms with Crippen LogP contribution >= 0.6 is 0 Å². The zero-order valence-electron chi connectivity index (χ0n) is 12.6. The van der Waals surface area contributed by atoms with Crippen LogP contribution in [0.5, 0.6) is 11.5 Å². The predicted octanol–water partition coefficient (Wildman–Crippen LogP) is 1.08. The van der Waals surface area contributed by atoms with Gasteiger partial charge in [-0.05, 0) is 18.2 Å². The van der Waals surface area contributed by atoms with Gasteiger partial charge in [0.05, 0.1) is 37.0 Å². The van der Waals surface area contributed by atoms with Gasteiger partial charge in [0, 0.05) is 12.3 Å². The molecule has 0 aliphatic rings. The number of nitrogens with two attached hydrogens (primary N) is 1. The Morgan fingerprint density at radius 1 is 1.22 bits per heavy atom. The number of benzene rings is 1. The van der Waals surface area contributed by atoms with E-state index in [-0.39, 0.29) is 11.5 Å². The summed E-state index contributed by atoms with van der Waals surface area (Å²) in [6, 6.07) is 6.69. The van der Waals surface area contributed by atoms with Crippen molar-refractivity contribution in [2.24, 2.45) is 5.84 Å². The monoisotopic (exact) mass is 313 g/mol. The second-order valence-corrected chi connectivity index (χ2v) is 4.66. The number of methoxy groups -OCH3 is 2. The minimum atomic E-state index is -0.295. The standard InChI is InChI=1S/C15H15N5O3/c1-22-12-6-10-11(7-13(12)23-2)18-15(19-16)20(14(10)21)9-4-3-5-17-8-9/h3-8H,16H2,1-2H3,(H,18,19). The summed E-state index contributed by atoms with van der Waals surface area (Å²) in [6.45, 7) is 0. The lowest BCUT2D eigenvalue weighted by molar-refractivity contribution is 0.355. The van der Waals surface area contributed by atoms with Crippen LogP contribution in [0.25, 0.3) is 16.6 Å². The minimum absolute atomic E-state index is 0.197. The van der Waals surface area contributed by atoms with Gasteiger partial charge >= 0.3 is 0 Å². The zero-order valence-corrected chi connectivity index (χ0v) is 12.6. The number of hydrazine groups is 1. The number of ether oxygens (including phenoxy) is 2. The smallest absolute Gasteiger partial charge is 0.267 e. The summed E-state index contributed by atoms with van der Waals surface area (Å²) in [4.78, 5) is 21.3. The van der Waals surface area contributed by atoms with Gasteiger partial charge < -0.3 is 9.47 Å². The largest absolute Gasteiger partial charge is 0.493 e. The third-order valence-electron chi connectivity index (χ3n) is 3.41. The summed E-state index contributed by atoms with van der Waals surface area (Å²) < 4.78 is 11.8. The fraction of sp³-hybridized carbons (Fsp3) is 0.133. The predicted molar refractivity (Wildman–Crippen MR) is 86.0 cm³/mol. The second-order valence-electron chi connectivity index (χ2n) is 4.66. The van der Waals surface area contributed by atoms with E-state index >= 15 is 0 Å². The number of fused-ring (bicyclic) bond motifs is 1. The van der Waals surface area contributed by atoms with Crippen LogP contribution in [0.2, 0.25) is 0 Å². The molecule has 23 heavy (non-hydrogen) atoms. The van der Waals surface area contributed by atoms with Crippen LogP contribution in [0.1, 0.15) is 0 Å². The molecular formula is C15H15N5O3. The Morgan fingerprint density at radius 3 is 2.57 bits per heavy atom. The van der Waals surface area contributed by atoms with Gasteiger partial charge in [0.15, 0.2) is 11.5 Å². The molecule has 3 rings (SSSR count). The molecule has 0 radical (unpaired) electrons. The first-order valence-corrected chi connectivity index (χ1v) is 6.75. The number of hydrogen-bond donors (Lipinski definition) is 2. The molecular weight excluding hydrogens is 298 g/mol. The Kier molecular flexibility index (Phi) is 3.82. The Balaban J connectivity index is 2.38. The van der Waals surface area contributed by atoms with E-state index in [0.717, 1.165) is 0 Å². The molecule has 2 heterocycles. The third kappa shape index (κ3) is 2.44. The van der Waals surface area contributed by atoms with Crippen LogP contribution in [-0.2, 0) is 0 Å². The van der Waals surface area contributed by atoms with E-state index < -0.39 is 0 Å². The van der Waals surface area contributed by atoms with E-state index in [1.54, 1.807) is 36.7 Å². The number of rotatable bonds is 4. The quantitative estimate of drug-likeness (QED) is 0.548. The highest BCUT2D eigenvalue weighted by Gasteiger charge is 2.15. The van der Waals surface area contributed by atoms with Gasteiger partial charge in [0.1, 0.15) is 0 Å². The normalized spacial score (nSPS) is 10.6. The molecule has 2 aromatic heterocycles. The fourth-order valence-corrected chi connectivity index (χ4v) is 2.34. The first-order valence-electron chi connectivity index (χ1n) is 6.75. The number of nitrogen functional groups attached to an aromatic ring is 1. The second kappa shape index (κ2) is 5.93. The molecule has 0 fully saturated rings. The average molecular weight is 313 g/mol. The molecule has 8 heteroatoms. The lowest BCUT2D eigenvalue weighted by Gasteiger charge is -2.14. The van der Waals surface area contributed by atoms with Crippen LogP contribution in [0.15, 0.2) is 41.5 Å². The van der Waals surface area contributed by atoms with Crippen molar-refractivity contribution in [3.05, 3.63) is 47.0 Å². The van der Waals surface area contributed by atoms with Gasteiger partial charge in [-0.25, -0.2) is 15.4 Å². The number of aromatic nitrogens is 3. The molecule has 0 saturated carbocycles. The van der Waals surface area contributed by atoms with E-state index in [1.807, 2.05) is 0 Å². The van der Waals surface area contributed by atoms with Crippen molar-refractivity contribution in [1.82, 2.24) is 14.5 Å². The molecule has 0 aliphatic heterocycles. The molecule has 0 saturated heterocycles. The zero-order chi connectivity index (χ0) is 16.4. The number of nitrogens with zero attached hydrogens (tertiary/aromatic N) is 3. The van der Waals surface area contributed by atoms with Gasteiger partial charge in [0.2, 0.25) is 5.95 Å². The van der Waals surface area contributed by atoms with Gasteiger partial charge in [-0.2, -0.15) is 0 Å². The number of pyridine rings is 1. The van der Waals surface area contributed by atoms with E-state index in [0.29, 0.717) is 28.1 Å². The Labute approximate surface area is 131 Å². The van der Waals surface area contributed by atoms with Crippen molar-refractivity contribution < 1.29 is 9.47 Å². The van der Waals surface area contributed by atoms with E-state index in [9.17, 15) is 4.79 Å². The molecule has 1 aromatic carbocycles. The highest BCUT2D eigenvalue weighted by molar-refractivity contribution is 5.83.